The lowest BCUT2D eigenvalue weighted by atomic mass is 10.0. The summed E-state index contributed by atoms with van der Waals surface area (Å²) in [5.41, 5.74) is 2.91. The molecule has 0 aliphatic rings. The van der Waals surface area contributed by atoms with Crippen molar-refractivity contribution in [3.8, 4) is 16.9 Å². The van der Waals surface area contributed by atoms with Crippen molar-refractivity contribution < 1.29 is 13.9 Å². The zero-order valence-corrected chi connectivity index (χ0v) is 18.5. The number of aryl methyl sites for hydroxylation is 1. The smallest absolute Gasteiger partial charge is 0.424 e. The van der Waals surface area contributed by atoms with Crippen LogP contribution in [0.25, 0.3) is 22.1 Å². The first kappa shape index (κ1) is 21.2. The topological polar surface area (TPSA) is 59.8 Å². The Hall–Kier alpha value is -4.64. The second kappa shape index (κ2) is 9.08. The molecule has 1 amide bonds. The van der Waals surface area contributed by atoms with E-state index in [0.717, 1.165) is 5.56 Å². The monoisotopic (exact) mass is 447 g/mol. The van der Waals surface area contributed by atoms with E-state index >= 15 is 0 Å². The van der Waals surface area contributed by atoms with E-state index in [1.54, 1.807) is 25.1 Å². The van der Waals surface area contributed by atoms with Crippen LogP contribution in [0.3, 0.4) is 0 Å². The molecule has 1 aromatic heterocycles. The summed E-state index contributed by atoms with van der Waals surface area (Å²) in [5.74, 6) is 0.784. The molecule has 0 atom stereocenters. The van der Waals surface area contributed by atoms with Crippen LogP contribution in [0, 0.1) is 6.92 Å². The highest BCUT2D eigenvalue weighted by Crippen LogP contribution is 2.29. The third-order valence-corrected chi connectivity index (χ3v) is 5.52. The van der Waals surface area contributed by atoms with Crippen molar-refractivity contribution >= 4 is 28.4 Å². The maximum atomic E-state index is 13.2. The summed E-state index contributed by atoms with van der Waals surface area (Å²) in [4.78, 5) is 27.9. The fraction of sp³-hybridized carbons (Fsp3) is 0.0345. The number of hydrogen-bond acceptors (Lipinski definition) is 4. The molecule has 166 valence electrons. The van der Waals surface area contributed by atoms with E-state index in [9.17, 15) is 9.59 Å². The normalized spacial score (nSPS) is 10.7. The average Bonchev–Trinajstić information content (AvgIpc) is 2.86. The van der Waals surface area contributed by atoms with Gasteiger partial charge in [0.05, 0.1) is 22.3 Å². The Morgan fingerprint density at radius 3 is 1.91 bits per heavy atom. The van der Waals surface area contributed by atoms with E-state index in [1.807, 2.05) is 91.0 Å². The van der Waals surface area contributed by atoms with E-state index in [1.165, 1.54) is 4.90 Å². The molecule has 4 aromatic carbocycles. The van der Waals surface area contributed by atoms with Gasteiger partial charge >= 0.3 is 6.09 Å². The standard InChI is InChI=1S/C29H21NO4/c1-20-27(21-11-5-2-6-12-21)28(31)25-18-17-24(19-26(25)33-20)34-29(32)30(22-13-7-3-8-14-22)23-15-9-4-10-16-23/h2-19H,1H3. The largest absolute Gasteiger partial charge is 0.460 e. The van der Waals surface area contributed by atoms with Gasteiger partial charge in [0.2, 0.25) is 5.43 Å². The fourth-order valence-electron chi connectivity index (χ4n) is 3.95. The molecule has 5 nitrogen and oxygen atoms in total. The summed E-state index contributed by atoms with van der Waals surface area (Å²) in [6.45, 7) is 1.76. The summed E-state index contributed by atoms with van der Waals surface area (Å²) in [5, 5.41) is 0.423. The van der Waals surface area contributed by atoms with Gasteiger partial charge in [-0.25, -0.2) is 9.69 Å². The third-order valence-electron chi connectivity index (χ3n) is 5.52. The van der Waals surface area contributed by atoms with Crippen LogP contribution >= 0.6 is 0 Å². The molecule has 0 unspecified atom stereocenters. The zero-order valence-electron chi connectivity index (χ0n) is 18.5. The number of anilines is 2. The van der Waals surface area contributed by atoms with Crippen LogP contribution in [0.5, 0.6) is 5.75 Å². The predicted molar refractivity (Wildman–Crippen MR) is 134 cm³/mol. The van der Waals surface area contributed by atoms with Gasteiger partial charge in [0.1, 0.15) is 17.1 Å². The first-order chi connectivity index (χ1) is 16.6. The molecule has 0 fully saturated rings. The van der Waals surface area contributed by atoms with Gasteiger partial charge in [-0.15, -0.1) is 0 Å². The number of amides is 1. The summed E-state index contributed by atoms with van der Waals surface area (Å²) >= 11 is 0. The Kier molecular flexibility index (Phi) is 5.67. The summed E-state index contributed by atoms with van der Waals surface area (Å²) in [6.07, 6.45) is -0.572. The third kappa shape index (κ3) is 4.07. The Balaban J connectivity index is 1.51. The minimum absolute atomic E-state index is 0.127. The van der Waals surface area contributed by atoms with Crippen LogP contribution in [0.15, 0.2) is 118 Å². The maximum absolute atomic E-state index is 13.2. The molecule has 5 aromatic rings. The van der Waals surface area contributed by atoms with Gasteiger partial charge in [0.15, 0.2) is 0 Å². The van der Waals surface area contributed by atoms with Gasteiger partial charge in [0, 0.05) is 6.07 Å². The zero-order chi connectivity index (χ0) is 23.5. The number of para-hydroxylation sites is 2. The van der Waals surface area contributed by atoms with Gasteiger partial charge in [-0.2, -0.15) is 0 Å². The van der Waals surface area contributed by atoms with Crippen molar-refractivity contribution in [1.29, 1.82) is 0 Å². The molecule has 0 saturated heterocycles. The number of fused-ring (bicyclic) bond motifs is 1. The predicted octanol–water partition coefficient (Wildman–Crippen LogP) is 7.11. The summed E-state index contributed by atoms with van der Waals surface area (Å²) in [6, 6.07) is 32.8. The molecule has 5 heteroatoms. The Morgan fingerprint density at radius 1 is 0.765 bits per heavy atom. The molecule has 0 aliphatic heterocycles. The Morgan fingerprint density at radius 2 is 1.32 bits per heavy atom. The van der Waals surface area contributed by atoms with Gasteiger partial charge < -0.3 is 9.15 Å². The van der Waals surface area contributed by atoms with E-state index in [2.05, 4.69) is 0 Å². The number of rotatable bonds is 4. The van der Waals surface area contributed by atoms with Crippen LogP contribution in [-0.2, 0) is 0 Å². The van der Waals surface area contributed by atoms with Crippen molar-refractivity contribution in [3.63, 3.8) is 0 Å². The molecule has 1 heterocycles. The number of nitrogens with zero attached hydrogens (tertiary/aromatic N) is 1. The first-order valence-electron chi connectivity index (χ1n) is 10.9. The number of hydrogen-bond donors (Lipinski definition) is 0. The van der Waals surface area contributed by atoms with Crippen molar-refractivity contribution in [2.45, 2.75) is 6.92 Å². The molecule has 0 spiro atoms. The van der Waals surface area contributed by atoms with Crippen LogP contribution < -0.4 is 15.1 Å². The summed E-state index contributed by atoms with van der Waals surface area (Å²) in [7, 11) is 0. The fourth-order valence-corrected chi connectivity index (χ4v) is 3.95. The molecule has 34 heavy (non-hydrogen) atoms. The lowest BCUT2D eigenvalue weighted by Gasteiger charge is -2.22. The lowest BCUT2D eigenvalue weighted by Crippen LogP contribution is -2.29. The molecular weight excluding hydrogens is 426 g/mol. The van der Waals surface area contributed by atoms with Gasteiger partial charge in [-0.3, -0.25) is 4.79 Å². The highest BCUT2D eigenvalue weighted by molar-refractivity contribution is 5.97. The first-order valence-corrected chi connectivity index (χ1v) is 10.9. The van der Waals surface area contributed by atoms with Crippen LogP contribution in [-0.4, -0.2) is 6.09 Å². The van der Waals surface area contributed by atoms with Crippen LogP contribution in [0.1, 0.15) is 5.76 Å². The molecule has 0 radical (unpaired) electrons. The second-order valence-corrected chi connectivity index (χ2v) is 7.76. The van der Waals surface area contributed by atoms with Gasteiger partial charge in [-0.1, -0.05) is 66.7 Å². The van der Waals surface area contributed by atoms with E-state index in [4.69, 9.17) is 9.15 Å². The van der Waals surface area contributed by atoms with Crippen LogP contribution in [0.4, 0.5) is 16.2 Å². The molecule has 0 bridgehead atoms. The Bertz CT molecular complexity index is 1470. The lowest BCUT2D eigenvalue weighted by molar-refractivity contribution is 0.210. The van der Waals surface area contributed by atoms with Crippen LogP contribution in [0.2, 0.25) is 0 Å². The van der Waals surface area contributed by atoms with E-state index < -0.39 is 6.09 Å². The highest BCUT2D eigenvalue weighted by atomic mass is 16.6. The number of benzene rings is 4. The highest BCUT2D eigenvalue weighted by Gasteiger charge is 2.21. The van der Waals surface area contributed by atoms with Crippen molar-refractivity contribution in [2.24, 2.45) is 0 Å². The van der Waals surface area contributed by atoms with Crippen molar-refractivity contribution in [3.05, 3.63) is 125 Å². The molecular formula is C29H21NO4. The van der Waals surface area contributed by atoms with Crippen molar-refractivity contribution in [1.82, 2.24) is 0 Å². The van der Waals surface area contributed by atoms with E-state index in [0.29, 0.717) is 33.7 Å². The maximum Gasteiger partial charge on any atom is 0.424 e. The molecule has 0 N–H and O–H groups in total. The van der Waals surface area contributed by atoms with Gasteiger partial charge in [0.25, 0.3) is 0 Å². The van der Waals surface area contributed by atoms with Gasteiger partial charge in [-0.05, 0) is 48.9 Å². The second-order valence-electron chi connectivity index (χ2n) is 7.76. The van der Waals surface area contributed by atoms with Crippen molar-refractivity contribution in [2.75, 3.05) is 4.90 Å². The van der Waals surface area contributed by atoms with E-state index in [-0.39, 0.29) is 11.2 Å². The quantitative estimate of drug-likeness (QED) is 0.295. The minimum Gasteiger partial charge on any atom is -0.460 e. The average molecular weight is 447 g/mol. The molecule has 0 aliphatic carbocycles. The SMILES string of the molecule is Cc1oc2cc(OC(=O)N(c3ccccc3)c3ccccc3)ccc2c(=O)c1-c1ccccc1. The Labute approximate surface area is 196 Å². The number of ether oxygens (including phenoxy) is 1. The summed E-state index contributed by atoms with van der Waals surface area (Å²) < 4.78 is 11.7. The molecule has 5 rings (SSSR count). The molecule has 0 saturated carbocycles. The number of carbonyl (C=O) groups excluding carboxylic acids is 1. The minimum atomic E-state index is -0.572. The number of carbonyl (C=O) groups is 1.